The number of hydrogen-bond acceptors (Lipinski definition) is 5. The molecule has 1 N–H and O–H groups in total. The van der Waals surface area contributed by atoms with E-state index in [0.717, 1.165) is 30.6 Å². The lowest BCUT2D eigenvalue weighted by Crippen LogP contribution is -2.35. The molecule has 114 valence electrons. The average Bonchev–Trinajstić information content (AvgIpc) is 3.05. The first-order chi connectivity index (χ1) is 10.2. The molecule has 1 aromatic rings. The maximum absolute atomic E-state index is 9.46. The standard InChI is InChI=1S/C16H25N5/c1-4-13-14(10-17)16(20-19-15(13)5-2)18-11-12(3)21-8-6-7-9-21/h12H,4-9,11H2,1-3H3,(H,18,20). The van der Waals surface area contributed by atoms with Crippen LogP contribution in [0.4, 0.5) is 5.82 Å². The van der Waals surface area contributed by atoms with Crippen LogP contribution in [0.25, 0.3) is 0 Å². The number of likely N-dealkylation sites (tertiary alicyclic amines) is 1. The van der Waals surface area contributed by atoms with Gasteiger partial charge in [-0.25, -0.2) is 0 Å². The monoisotopic (exact) mass is 287 g/mol. The minimum atomic E-state index is 0.455. The lowest BCUT2D eigenvalue weighted by atomic mass is 10.0. The molecule has 5 nitrogen and oxygen atoms in total. The largest absolute Gasteiger partial charge is 0.366 e. The molecule has 0 bridgehead atoms. The van der Waals surface area contributed by atoms with E-state index in [0.29, 0.717) is 17.4 Å². The Hall–Kier alpha value is -1.67. The summed E-state index contributed by atoms with van der Waals surface area (Å²) >= 11 is 0. The Morgan fingerprint density at radius 2 is 1.95 bits per heavy atom. The molecule has 1 saturated heterocycles. The lowest BCUT2D eigenvalue weighted by Gasteiger charge is -2.24. The van der Waals surface area contributed by atoms with Crippen LogP contribution in [-0.4, -0.2) is 40.8 Å². The molecule has 2 heterocycles. The van der Waals surface area contributed by atoms with Crippen LogP contribution in [0.5, 0.6) is 0 Å². The molecule has 5 heteroatoms. The van der Waals surface area contributed by atoms with Gasteiger partial charge >= 0.3 is 0 Å². The summed E-state index contributed by atoms with van der Waals surface area (Å²) in [7, 11) is 0. The summed E-state index contributed by atoms with van der Waals surface area (Å²) in [6.45, 7) is 9.49. The number of aromatic nitrogens is 2. The van der Waals surface area contributed by atoms with E-state index < -0.39 is 0 Å². The molecule has 0 aromatic carbocycles. The molecule has 0 saturated carbocycles. The van der Waals surface area contributed by atoms with E-state index in [2.05, 4.69) is 40.3 Å². The highest BCUT2D eigenvalue weighted by atomic mass is 15.2. The Morgan fingerprint density at radius 1 is 1.24 bits per heavy atom. The van der Waals surface area contributed by atoms with Gasteiger partial charge in [-0.15, -0.1) is 5.10 Å². The normalized spacial score (nSPS) is 16.7. The van der Waals surface area contributed by atoms with E-state index in [-0.39, 0.29) is 0 Å². The van der Waals surface area contributed by atoms with Gasteiger partial charge in [-0.05, 0) is 51.3 Å². The lowest BCUT2D eigenvalue weighted by molar-refractivity contribution is 0.269. The molecule has 2 rings (SSSR count). The van der Waals surface area contributed by atoms with E-state index in [4.69, 9.17) is 0 Å². The SMILES string of the molecule is CCc1nnc(NCC(C)N2CCCC2)c(C#N)c1CC. The van der Waals surface area contributed by atoms with Gasteiger partial charge in [-0.1, -0.05) is 13.8 Å². The Labute approximate surface area is 127 Å². The molecule has 0 aliphatic carbocycles. The number of nitriles is 1. The van der Waals surface area contributed by atoms with Gasteiger partial charge in [0.15, 0.2) is 5.82 Å². The van der Waals surface area contributed by atoms with Crippen LogP contribution in [-0.2, 0) is 12.8 Å². The molecule has 0 amide bonds. The molecule has 0 spiro atoms. The Bertz CT molecular complexity index is 514. The van der Waals surface area contributed by atoms with E-state index in [9.17, 15) is 5.26 Å². The molecule has 1 aromatic heterocycles. The molecule has 21 heavy (non-hydrogen) atoms. The summed E-state index contributed by atoms with van der Waals surface area (Å²) in [6.07, 6.45) is 4.21. The zero-order chi connectivity index (χ0) is 15.2. The first-order valence-electron chi connectivity index (χ1n) is 7.97. The zero-order valence-corrected chi connectivity index (χ0v) is 13.3. The predicted octanol–water partition coefficient (Wildman–Crippen LogP) is 2.37. The summed E-state index contributed by atoms with van der Waals surface area (Å²) in [5.41, 5.74) is 2.64. The van der Waals surface area contributed by atoms with Crippen LogP contribution >= 0.6 is 0 Å². The third-order valence-corrected chi connectivity index (χ3v) is 4.29. The Kier molecular flexibility index (Phi) is 5.51. The first-order valence-corrected chi connectivity index (χ1v) is 7.97. The molecular weight excluding hydrogens is 262 g/mol. The third-order valence-electron chi connectivity index (χ3n) is 4.29. The van der Waals surface area contributed by atoms with Gasteiger partial charge in [0.2, 0.25) is 0 Å². The zero-order valence-electron chi connectivity index (χ0n) is 13.3. The number of nitrogens with one attached hydrogen (secondary N) is 1. The van der Waals surface area contributed by atoms with Crippen LogP contribution in [0.2, 0.25) is 0 Å². The van der Waals surface area contributed by atoms with Crippen LogP contribution < -0.4 is 5.32 Å². The quantitative estimate of drug-likeness (QED) is 0.870. The van der Waals surface area contributed by atoms with E-state index in [1.165, 1.54) is 25.9 Å². The molecule has 1 aliphatic heterocycles. The van der Waals surface area contributed by atoms with Crippen molar-refractivity contribution in [1.29, 1.82) is 5.26 Å². The van der Waals surface area contributed by atoms with Gasteiger partial charge < -0.3 is 5.32 Å². The van der Waals surface area contributed by atoms with Gasteiger partial charge in [-0.3, -0.25) is 4.90 Å². The highest BCUT2D eigenvalue weighted by Crippen LogP contribution is 2.20. The number of aryl methyl sites for hydroxylation is 1. The van der Waals surface area contributed by atoms with Gasteiger partial charge in [0.05, 0.1) is 5.69 Å². The van der Waals surface area contributed by atoms with Gasteiger partial charge in [0.25, 0.3) is 0 Å². The van der Waals surface area contributed by atoms with Crippen LogP contribution in [0.15, 0.2) is 0 Å². The maximum atomic E-state index is 9.46. The molecule has 1 unspecified atom stereocenters. The van der Waals surface area contributed by atoms with Crippen LogP contribution in [0.3, 0.4) is 0 Å². The Morgan fingerprint density at radius 3 is 2.52 bits per heavy atom. The van der Waals surface area contributed by atoms with E-state index in [1.807, 2.05) is 6.92 Å². The maximum Gasteiger partial charge on any atom is 0.167 e. The van der Waals surface area contributed by atoms with Crippen molar-refractivity contribution in [2.75, 3.05) is 25.0 Å². The Balaban J connectivity index is 2.11. The van der Waals surface area contributed by atoms with Crippen molar-refractivity contribution < 1.29 is 0 Å². The molecule has 0 radical (unpaired) electrons. The minimum Gasteiger partial charge on any atom is -0.366 e. The minimum absolute atomic E-state index is 0.455. The summed E-state index contributed by atoms with van der Waals surface area (Å²) in [4.78, 5) is 2.48. The summed E-state index contributed by atoms with van der Waals surface area (Å²) in [5, 5.41) is 21.3. The summed E-state index contributed by atoms with van der Waals surface area (Å²) < 4.78 is 0. The highest BCUT2D eigenvalue weighted by Gasteiger charge is 2.19. The second-order valence-corrected chi connectivity index (χ2v) is 5.64. The van der Waals surface area contributed by atoms with Crippen molar-refractivity contribution in [1.82, 2.24) is 15.1 Å². The van der Waals surface area contributed by atoms with Crippen LogP contribution in [0, 0.1) is 11.3 Å². The number of hydrogen-bond donors (Lipinski definition) is 1. The van der Waals surface area contributed by atoms with Crippen molar-refractivity contribution in [2.24, 2.45) is 0 Å². The fourth-order valence-corrected chi connectivity index (χ4v) is 2.97. The summed E-state index contributed by atoms with van der Waals surface area (Å²) in [6, 6.07) is 2.76. The second-order valence-electron chi connectivity index (χ2n) is 5.64. The highest BCUT2D eigenvalue weighted by molar-refractivity contribution is 5.56. The number of anilines is 1. The molecule has 1 aliphatic rings. The van der Waals surface area contributed by atoms with E-state index >= 15 is 0 Å². The predicted molar refractivity (Wildman–Crippen MR) is 84.3 cm³/mol. The molecular formula is C16H25N5. The fourth-order valence-electron chi connectivity index (χ4n) is 2.97. The van der Waals surface area contributed by atoms with Gasteiger partial charge in [0, 0.05) is 12.6 Å². The first kappa shape index (κ1) is 15.7. The van der Waals surface area contributed by atoms with Crippen molar-refractivity contribution in [3.05, 3.63) is 16.8 Å². The average molecular weight is 287 g/mol. The topological polar surface area (TPSA) is 64.8 Å². The summed E-state index contributed by atoms with van der Waals surface area (Å²) in [5.74, 6) is 0.637. The van der Waals surface area contributed by atoms with Crippen molar-refractivity contribution in [3.8, 4) is 6.07 Å². The van der Waals surface area contributed by atoms with Gasteiger partial charge in [0.1, 0.15) is 11.6 Å². The van der Waals surface area contributed by atoms with E-state index in [1.54, 1.807) is 0 Å². The fraction of sp³-hybridized carbons (Fsp3) is 0.688. The van der Waals surface area contributed by atoms with Crippen molar-refractivity contribution in [3.63, 3.8) is 0 Å². The van der Waals surface area contributed by atoms with Gasteiger partial charge in [-0.2, -0.15) is 10.4 Å². The molecule has 1 fully saturated rings. The van der Waals surface area contributed by atoms with Crippen molar-refractivity contribution >= 4 is 5.82 Å². The molecule has 1 atom stereocenters. The number of nitrogens with zero attached hydrogens (tertiary/aromatic N) is 4. The van der Waals surface area contributed by atoms with Crippen LogP contribution in [0.1, 0.15) is 50.4 Å². The third kappa shape index (κ3) is 3.51. The van der Waals surface area contributed by atoms with Crippen molar-refractivity contribution in [2.45, 2.75) is 52.5 Å². The second kappa shape index (κ2) is 7.37. The smallest absolute Gasteiger partial charge is 0.167 e. The number of rotatable bonds is 6.